The lowest BCUT2D eigenvalue weighted by molar-refractivity contribution is -0.144. The molecule has 1 aromatic rings. The lowest BCUT2D eigenvalue weighted by Crippen LogP contribution is -2.28. The number of esters is 1. The van der Waals surface area contributed by atoms with Gasteiger partial charge in [-0.3, -0.25) is 9.69 Å². The first kappa shape index (κ1) is 14.3. The van der Waals surface area contributed by atoms with Crippen LogP contribution in [0.5, 0.6) is 5.75 Å². The van der Waals surface area contributed by atoms with Crippen molar-refractivity contribution in [1.29, 1.82) is 0 Å². The lowest BCUT2D eigenvalue weighted by atomic mass is 10.1. The number of nitrogens with zero attached hydrogens (tertiary/aromatic N) is 1. The second kappa shape index (κ2) is 6.91. The molecule has 1 unspecified atom stereocenters. The van der Waals surface area contributed by atoms with Crippen LogP contribution in [-0.4, -0.2) is 44.2 Å². The number of benzene rings is 1. The normalized spacial score (nSPS) is 19.4. The summed E-state index contributed by atoms with van der Waals surface area (Å²) in [6.45, 7) is 3.18. The number of likely N-dealkylation sites (tertiary alicyclic amines) is 1. The van der Waals surface area contributed by atoms with Crippen LogP contribution in [0.1, 0.15) is 6.42 Å². The first-order valence-corrected chi connectivity index (χ1v) is 7.17. The van der Waals surface area contributed by atoms with Crippen LogP contribution in [0.4, 0.5) is 0 Å². The summed E-state index contributed by atoms with van der Waals surface area (Å²) in [6, 6.07) is 7.79. The second-order valence-corrected chi connectivity index (χ2v) is 5.53. The molecule has 1 atom stereocenters. The van der Waals surface area contributed by atoms with Gasteiger partial charge in [-0.15, -0.1) is 0 Å². The third-order valence-electron chi connectivity index (χ3n) is 3.30. The van der Waals surface area contributed by atoms with Crippen molar-refractivity contribution < 1.29 is 14.3 Å². The highest BCUT2D eigenvalue weighted by molar-refractivity contribution is 9.10. The van der Waals surface area contributed by atoms with Gasteiger partial charge < -0.3 is 9.47 Å². The molecule has 0 spiro atoms. The standard InChI is InChI=1S/C14H18BrNO3/c1-18-14(17)11-6-7-16(10-11)8-9-19-13-4-2-12(15)3-5-13/h2-5,11H,6-10H2,1H3. The van der Waals surface area contributed by atoms with Crippen molar-refractivity contribution in [2.45, 2.75) is 6.42 Å². The molecule has 0 N–H and O–H groups in total. The molecule has 1 fully saturated rings. The van der Waals surface area contributed by atoms with E-state index in [-0.39, 0.29) is 11.9 Å². The van der Waals surface area contributed by atoms with Gasteiger partial charge in [-0.25, -0.2) is 0 Å². The minimum atomic E-state index is -0.101. The molecular weight excluding hydrogens is 310 g/mol. The van der Waals surface area contributed by atoms with E-state index >= 15 is 0 Å². The molecule has 1 aliphatic rings. The van der Waals surface area contributed by atoms with Crippen molar-refractivity contribution in [2.75, 3.05) is 33.4 Å². The number of carbonyl (C=O) groups excluding carboxylic acids is 1. The third kappa shape index (κ3) is 4.21. The number of hydrogen-bond acceptors (Lipinski definition) is 4. The molecule has 4 nitrogen and oxygen atoms in total. The molecule has 1 aromatic carbocycles. The molecule has 1 aliphatic heterocycles. The molecule has 1 saturated heterocycles. The fourth-order valence-corrected chi connectivity index (χ4v) is 2.48. The van der Waals surface area contributed by atoms with Crippen molar-refractivity contribution in [2.24, 2.45) is 5.92 Å². The Kier molecular flexibility index (Phi) is 5.22. The second-order valence-electron chi connectivity index (χ2n) is 4.61. The Bertz CT molecular complexity index is 421. The van der Waals surface area contributed by atoms with E-state index in [1.54, 1.807) is 0 Å². The topological polar surface area (TPSA) is 38.8 Å². The van der Waals surface area contributed by atoms with Crippen LogP contribution in [0.25, 0.3) is 0 Å². The summed E-state index contributed by atoms with van der Waals surface area (Å²) in [7, 11) is 1.45. The van der Waals surface area contributed by atoms with E-state index in [0.29, 0.717) is 6.61 Å². The number of rotatable bonds is 5. The average Bonchev–Trinajstić information content (AvgIpc) is 2.89. The fraction of sp³-hybridized carbons (Fsp3) is 0.500. The van der Waals surface area contributed by atoms with Gasteiger partial charge in [0.05, 0.1) is 13.0 Å². The Morgan fingerprint density at radius 2 is 2.16 bits per heavy atom. The number of hydrogen-bond donors (Lipinski definition) is 0. The van der Waals surface area contributed by atoms with E-state index < -0.39 is 0 Å². The molecule has 2 rings (SSSR count). The lowest BCUT2D eigenvalue weighted by Gasteiger charge is -2.15. The van der Waals surface area contributed by atoms with Crippen molar-refractivity contribution in [1.82, 2.24) is 4.90 Å². The Morgan fingerprint density at radius 3 is 2.84 bits per heavy atom. The molecule has 0 aliphatic carbocycles. The van der Waals surface area contributed by atoms with Crippen molar-refractivity contribution in [3.8, 4) is 5.75 Å². The summed E-state index contributed by atoms with van der Waals surface area (Å²) in [5, 5.41) is 0. The van der Waals surface area contributed by atoms with Gasteiger partial charge in [0.15, 0.2) is 0 Å². The van der Waals surface area contributed by atoms with Crippen molar-refractivity contribution >= 4 is 21.9 Å². The van der Waals surface area contributed by atoms with E-state index in [0.717, 1.165) is 36.3 Å². The quantitative estimate of drug-likeness (QED) is 0.778. The van der Waals surface area contributed by atoms with E-state index in [1.807, 2.05) is 24.3 Å². The number of ether oxygens (including phenoxy) is 2. The maximum Gasteiger partial charge on any atom is 0.310 e. The largest absolute Gasteiger partial charge is 0.492 e. The number of halogens is 1. The summed E-state index contributed by atoms with van der Waals surface area (Å²) < 4.78 is 11.5. The number of carbonyl (C=O) groups is 1. The van der Waals surface area contributed by atoms with Crippen LogP contribution < -0.4 is 4.74 Å². The van der Waals surface area contributed by atoms with Gasteiger partial charge in [0.1, 0.15) is 12.4 Å². The molecule has 19 heavy (non-hydrogen) atoms. The minimum Gasteiger partial charge on any atom is -0.492 e. The molecule has 0 amide bonds. The molecular formula is C14H18BrNO3. The molecule has 1 heterocycles. The van der Waals surface area contributed by atoms with Crippen LogP contribution in [0.3, 0.4) is 0 Å². The van der Waals surface area contributed by atoms with E-state index in [9.17, 15) is 4.79 Å². The summed E-state index contributed by atoms with van der Waals surface area (Å²) >= 11 is 3.39. The summed E-state index contributed by atoms with van der Waals surface area (Å²) in [5.74, 6) is 0.793. The zero-order valence-electron chi connectivity index (χ0n) is 11.0. The molecule has 0 aromatic heterocycles. The van der Waals surface area contributed by atoms with E-state index in [2.05, 4.69) is 20.8 Å². The van der Waals surface area contributed by atoms with Gasteiger partial charge in [-0.05, 0) is 37.2 Å². The maximum atomic E-state index is 11.4. The zero-order chi connectivity index (χ0) is 13.7. The Balaban J connectivity index is 1.69. The van der Waals surface area contributed by atoms with Crippen LogP contribution in [0.2, 0.25) is 0 Å². The van der Waals surface area contributed by atoms with E-state index in [4.69, 9.17) is 9.47 Å². The van der Waals surface area contributed by atoms with Crippen LogP contribution in [0, 0.1) is 5.92 Å². The highest BCUT2D eigenvalue weighted by Gasteiger charge is 2.28. The average molecular weight is 328 g/mol. The molecule has 0 radical (unpaired) electrons. The van der Waals surface area contributed by atoms with Gasteiger partial charge >= 0.3 is 5.97 Å². The summed E-state index contributed by atoms with van der Waals surface area (Å²) in [5.41, 5.74) is 0. The highest BCUT2D eigenvalue weighted by Crippen LogP contribution is 2.18. The Morgan fingerprint density at radius 1 is 1.42 bits per heavy atom. The van der Waals surface area contributed by atoms with Crippen molar-refractivity contribution in [3.05, 3.63) is 28.7 Å². The summed E-state index contributed by atoms with van der Waals surface area (Å²) in [6.07, 6.45) is 0.880. The zero-order valence-corrected chi connectivity index (χ0v) is 12.6. The first-order valence-electron chi connectivity index (χ1n) is 6.37. The third-order valence-corrected chi connectivity index (χ3v) is 3.83. The first-order chi connectivity index (χ1) is 9.19. The predicted octanol–water partition coefficient (Wildman–Crippen LogP) is 2.32. The van der Waals surface area contributed by atoms with Gasteiger partial charge in [0, 0.05) is 17.6 Å². The Hall–Kier alpha value is -1.07. The van der Waals surface area contributed by atoms with Crippen molar-refractivity contribution in [3.63, 3.8) is 0 Å². The Labute approximate surface area is 121 Å². The molecule has 5 heteroatoms. The smallest absolute Gasteiger partial charge is 0.310 e. The fourth-order valence-electron chi connectivity index (χ4n) is 2.22. The van der Waals surface area contributed by atoms with Gasteiger partial charge in [-0.1, -0.05) is 15.9 Å². The minimum absolute atomic E-state index is 0.0256. The summed E-state index contributed by atoms with van der Waals surface area (Å²) in [4.78, 5) is 13.6. The van der Waals surface area contributed by atoms with Crippen LogP contribution in [0.15, 0.2) is 28.7 Å². The predicted molar refractivity (Wildman–Crippen MR) is 76.2 cm³/mol. The molecule has 0 bridgehead atoms. The molecule has 0 saturated carbocycles. The number of methoxy groups -OCH3 is 1. The highest BCUT2D eigenvalue weighted by atomic mass is 79.9. The monoisotopic (exact) mass is 327 g/mol. The van der Waals surface area contributed by atoms with Gasteiger partial charge in [-0.2, -0.15) is 0 Å². The van der Waals surface area contributed by atoms with Gasteiger partial charge in [0.2, 0.25) is 0 Å². The molecule has 104 valence electrons. The maximum absolute atomic E-state index is 11.4. The van der Waals surface area contributed by atoms with Crippen LogP contribution in [-0.2, 0) is 9.53 Å². The van der Waals surface area contributed by atoms with Gasteiger partial charge in [0.25, 0.3) is 0 Å². The van der Waals surface area contributed by atoms with E-state index in [1.165, 1.54) is 7.11 Å². The SMILES string of the molecule is COC(=O)C1CCN(CCOc2ccc(Br)cc2)C1. The van der Waals surface area contributed by atoms with Crippen LogP contribution >= 0.6 is 15.9 Å².